The van der Waals surface area contributed by atoms with Crippen LogP contribution >= 0.6 is 11.6 Å². The van der Waals surface area contributed by atoms with E-state index in [0.29, 0.717) is 27.9 Å². The Balaban J connectivity index is 0.893. The lowest BCUT2D eigenvalue weighted by Crippen LogP contribution is -2.49. The monoisotopic (exact) mass is 723 g/mol. The number of benzene rings is 2. The van der Waals surface area contributed by atoms with Crippen LogP contribution in [-0.4, -0.2) is 82.9 Å². The van der Waals surface area contributed by atoms with Gasteiger partial charge in [-0.15, -0.1) is 10.2 Å². The molecule has 4 heterocycles. The van der Waals surface area contributed by atoms with Crippen molar-refractivity contribution in [3.63, 3.8) is 0 Å². The van der Waals surface area contributed by atoms with Gasteiger partial charge in [-0.2, -0.15) is 5.26 Å². The molecule has 2 aromatic heterocycles. The first kappa shape index (κ1) is 35.2. The topological polar surface area (TPSA) is 177 Å². The molecule has 4 aromatic rings. The van der Waals surface area contributed by atoms with Crippen molar-refractivity contribution in [2.24, 2.45) is 11.7 Å². The van der Waals surface area contributed by atoms with E-state index in [9.17, 15) is 14.4 Å². The Morgan fingerprint density at radius 2 is 1.62 bits per heavy atom. The molecule has 2 aromatic carbocycles. The average molecular weight is 724 g/mol. The molecule has 0 spiro atoms. The Hall–Kier alpha value is -5.19. The fourth-order valence-corrected chi connectivity index (χ4v) is 7.98. The predicted molar refractivity (Wildman–Crippen MR) is 199 cm³/mol. The Morgan fingerprint density at radius 3 is 2.27 bits per heavy atom. The lowest BCUT2D eigenvalue weighted by atomic mass is 9.82. The zero-order valence-corrected chi connectivity index (χ0v) is 29.6. The van der Waals surface area contributed by atoms with E-state index in [0.717, 1.165) is 107 Å². The molecule has 2 aliphatic heterocycles. The number of piperazine rings is 1. The number of H-pyrrole nitrogens is 2. The van der Waals surface area contributed by atoms with Crippen LogP contribution in [-0.2, 0) is 0 Å². The highest BCUT2D eigenvalue weighted by atomic mass is 35.5. The minimum absolute atomic E-state index is 0.0167. The number of nitrogens with one attached hydrogen (secondary N) is 2. The number of primary amides is 1. The lowest BCUT2D eigenvalue weighted by molar-refractivity contribution is 0.0991. The number of piperidine rings is 1. The number of aromatic nitrogens is 4. The highest BCUT2D eigenvalue weighted by Crippen LogP contribution is 2.37. The second-order valence-electron chi connectivity index (χ2n) is 14.0. The summed E-state index contributed by atoms with van der Waals surface area (Å²) in [4.78, 5) is 47.8. The first-order chi connectivity index (χ1) is 25.2. The Morgan fingerprint density at radius 1 is 0.885 bits per heavy atom. The molecule has 3 fully saturated rings. The molecular formula is C38H42ClN9O4. The number of ether oxygens (including phenoxy) is 1. The molecule has 4 N–H and O–H groups in total. The van der Waals surface area contributed by atoms with Crippen molar-refractivity contribution in [1.82, 2.24) is 25.1 Å². The predicted octanol–water partition coefficient (Wildman–Crippen LogP) is 4.29. The van der Waals surface area contributed by atoms with Crippen LogP contribution < -0.4 is 31.5 Å². The minimum Gasteiger partial charge on any atom is -0.490 e. The largest absolute Gasteiger partial charge is 0.490 e. The molecular weight excluding hydrogens is 682 g/mol. The Bertz CT molecular complexity index is 2030. The second kappa shape index (κ2) is 15.6. The molecule has 1 aliphatic carbocycles. The second-order valence-corrected chi connectivity index (χ2v) is 14.4. The van der Waals surface area contributed by atoms with Crippen LogP contribution in [0.4, 0.5) is 11.5 Å². The van der Waals surface area contributed by atoms with Gasteiger partial charge in [0, 0.05) is 63.6 Å². The highest BCUT2D eigenvalue weighted by molar-refractivity contribution is 6.31. The number of nitriles is 1. The van der Waals surface area contributed by atoms with Gasteiger partial charge < -0.3 is 25.3 Å². The summed E-state index contributed by atoms with van der Waals surface area (Å²) in [5.74, 6) is 1.62. The van der Waals surface area contributed by atoms with Gasteiger partial charge in [0.25, 0.3) is 11.5 Å². The molecule has 52 heavy (non-hydrogen) atoms. The zero-order valence-electron chi connectivity index (χ0n) is 28.9. The number of hydrogen-bond acceptors (Lipinski definition) is 10. The number of nitrogens with zero attached hydrogens (tertiary/aromatic N) is 6. The summed E-state index contributed by atoms with van der Waals surface area (Å²) in [6.07, 6.45) is 5.42. The summed E-state index contributed by atoms with van der Waals surface area (Å²) in [5.41, 5.74) is 8.79. The van der Waals surface area contributed by atoms with Crippen molar-refractivity contribution in [1.29, 1.82) is 5.26 Å². The van der Waals surface area contributed by atoms with Crippen molar-refractivity contribution in [3.8, 4) is 23.1 Å². The van der Waals surface area contributed by atoms with Gasteiger partial charge in [-0.25, -0.2) is 4.79 Å². The first-order valence-electron chi connectivity index (χ1n) is 17.9. The molecule has 3 aliphatic rings. The third kappa shape index (κ3) is 8.14. The fourth-order valence-electron chi connectivity index (χ4n) is 7.77. The lowest BCUT2D eigenvalue weighted by Gasteiger charge is -2.40. The Kier molecular flexibility index (Phi) is 10.6. The van der Waals surface area contributed by atoms with E-state index < -0.39 is 17.2 Å². The summed E-state index contributed by atoms with van der Waals surface area (Å²) in [5, 5.41) is 18.3. The van der Waals surface area contributed by atoms with Crippen molar-refractivity contribution < 1.29 is 9.53 Å². The van der Waals surface area contributed by atoms with Crippen molar-refractivity contribution in [2.45, 2.75) is 50.5 Å². The normalized spacial score (nSPS) is 20.0. The summed E-state index contributed by atoms with van der Waals surface area (Å²) in [6.45, 7) is 6.67. The quantitative estimate of drug-likeness (QED) is 0.226. The van der Waals surface area contributed by atoms with Crippen LogP contribution in [0.1, 0.15) is 66.1 Å². The first-order valence-corrected chi connectivity index (χ1v) is 18.3. The number of hydrogen-bond donors (Lipinski definition) is 3. The molecule has 0 atom stereocenters. The van der Waals surface area contributed by atoms with Gasteiger partial charge in [0.2, 0.25) is 0 Å². The molecule has 14 heteroatoms. The molecule has 2 saturated heterocycles. The van der Waals surface area contributed by atoms with E-state index in [1.807, 2.05) is 30.3 Å². The molecule has 1 amide bonds. The summed E-state index contributed by atoms with van der Waals surface area (Å²) in [6, 6.07) is 18.6. The van der Waals surface area contributed by atoms with Gasteiger partial charge in [0.15, 0.2) is 11.5 Å². The summed E-state index contributed by atoms with van der Waals surface area (Å²) in [7, 11) is 0. The molecule has 1 saturated carbocycles. The Labute approximate surface area is 306 Å². The zero-order chi connectivity index (χ0) is 36.2. The molecule has 0 radical (unpaired) electrons. The van der Waals surface area contributed by atoms with Crippen molar-refractivity contribution in [3.05, 3.63) is 97.3 Å². The van der Waals surface area contributed by atoms with Gasteiger partial charge in [-0.1, -0.05) is 23.7 Å². The molecule has 270 valence electrons. The van der Waals surface area contributed by atoms with Crippen LogP contribution in [0.15, 0.2) is 64.2 Å². The smallest absolute Gasteiger partial charge is 0.326 e. The average Bonchev–Trinajstić information content (AvgIpc) is 3.15. The highest BCUT2D eigenvalue weighted by Gasteiger charge is 2.30. The SMILES string of the molecule is N#Cc1ccc(OC2CCC(c3cc(N4CCC(CN5CCN(c6ccc(-c7cc(=O)[nH]c(=O)[nH]7)cc6)CC5)CC4)nnc3C(N)=O)CC2)cc1Cl. The van der Waals surface area contributed by atoms with E-state index >= 15 is 0 Å². The standard InChI is InChI=1S/C38H42ClN9O4/c39-32-19-30(10-5-27(32)22-40)52-29-8-3-25(4-9-29)31-20-34(44-45-36(31)37(41)50)48-13-11-24(12-14-48)23-46-15-17-47(18-16-46)28-6-1-26(2-7-28)33-21-35(49)43-38(51)42-33/h1-2,5-7,10,19-21,24-25,29H,3-4,8-9,11-18,23H2,(H2,41,50)(H2,42,43,49,51). The van der Waals surface area contributed by atoms with Crippen molar-refractivity contribution >= 4 is 29.0 Å². The summed E-state index contributed by atoms with van der Waals surface area (Å²) < 4.78 is 6.18. The fraction of sp³-hybridized carbons (Fsp3) is 0.421. The van der Waals surface area contributed by atoms with E-state index in [1.165, 1.54) is 6.07 Å². The van der Waals surface area contributed by atoms with Gasteiger partial charge >= 0.3 is 5.69 Å². The van der Waals surface area contributed by atoms with E-state index in [2.05, 4.69) is 40.9 Å². The number of carbonyl (C=O) groups excluding carboxylic acids is 1. The number of anilines is 2. The molecule has 0 unspecified atom stereocenters. The number of aromatic amines is 2. The third-order valence-electron chi connectivity index (χ3n) is 10.7. The van der Waals surface area contributed by atoms with E-state index in [4.69, 9.17) is 27.3 Å². The minimum atomic E-state index is -0.557. The van der Waals surface area contributed by atoms with Crippen LogP contribution in [0.25, 0.3) is 11.3 Å². The molecule has 13 nitrogen and oxygen atoms in total. The van der Waals surface area contributed by atoms with Gasteiger partial charge in [-0.3, -0.25) is 19.5 Å². The van der Waals surface area contributed by atoms with E-state index in [-0.39, 0.29) is 17.7 Å². The third-order valence-corrected chi connectivity index (χ3v) is 11.0. The van der Waals surface area contributed by atoms with Gasteiger partial charge in [0.1, 0.15) is 11.8 Å². The van der Waals surface area contributed by atoms with Gasteiger partial charge in [0.05, 0.1) is 22.4 Å². The number of nitrogens with two attached hydrogens (primary N) is 1. The number of rotatable bonds is 9. The van der Waals surface area contributed by atoms with Crippen LogP contribution in [0.5, 0.6) is 5.75 Å². The molecule has 7 rings (SSSR count). The molecule has 0 bridgehead atoms. The number of amides is 1. The maximum Gasteiger partial charge on any atom is 0.326 e. The van der Waals surface area contributed by atoms with Crippen LogP contribution in [0.3, 0.4) is 0 Å². The maximum absolute atomic E-state index is 12.4. The number of carbonyl (C=O) groups is 1. The van der Waals surface area contributed by atoms with Crippen LogP contribution in [0.2, 0.25) is 5.02 Å². The number of halogens is 1. The van der Waals surface area contributed by atoms with Crippen LogP contribution in [0, 0.1) is 17.2 Å². The van der Waals surface area contributed by atoms with Crippen molar-refractivity contribution in [2.75, 3.05) is 55.6 Å². The summed E-state index contributed by atoms with van der Waals surface area (Å²) >= 11 is 6.20. The van der Waals surface area contributed by atoms with Gasteiger partial charge in [-0.05, 0) is 91.8 Å². The van der Waals surface area contributed by atoms with E-state index in [1.54, 1.807) is 18.2 Å². The maximum atomic E-state index is 12.4.